The second-order valence-corrected chi connectivity index (χ2v) is 8.43. The van der Waals surface area contributed by atoms with E-state index in [9.17, 15) is 4.79 Å². The molecule has 0 spiro atoms. The Morgan fingerprint density at radius 1 is 1.07 bits per heavy atom. The summed E-state index contributed by atoms with van der Waals surface area (Å²) >= 11 is 0. The monoisotopic (exact) mass is 411 g/mol. The van der Waals surface area contributed by atoms with Gasteiger partial charge in [0.2, 0.25) is 0 Å². The van der Waals surface area contributed by atoms with Crippen molar-refractivity contribution < 1.29 is 18.7 Å². The van der Waals surface area contributed by atoms with Crippen LogP contribution in [0.1, 0.15) is 30.1 Å². The SMILES string of the molecule is C[C@H]1[C@H](NC(=O)c2ccc(Oc3occc3N3CCOCC3)cc2)C2CCN1CC2. The molecule has 1 aromatic carbocycles. The highest BCUT2D eigenvalue weighted by Gasteiger charge is 2.40. The lowest BCUT2D eigenvalue weighted by atomic mass is 9.79. The van der Waals surface area contributed by atoms with Gasteiger partial charge in [0.15, 0.2) is 0 Å². The van der Waals surface area contributed by atoms with Crippen LogP contribution in [0.25, 0.3) is 0 Å². The maximum absolute atomic E-state index is 12.8. The molecule has 5 heterocycles. The highest BCUT2D eigenvalue weighted by molar-refractivity contribution is 5.94. The molecule has 4 fully saturated rings. The molecule has 4 aliphatic rings. The van der Waals surface area contributed by atoms with Crippen LogP contribution in [0.4, 0.5) is 5.69 Å². The van der Waals surface area contributed by atoms with E-state index < -0.39 is 0 Å². The molecule has 7 nitrogen and oxygen atoms in total. The second-order valence-electron chi connectivity index (χ2n) is 8.43. The summed E-state index contributed by atoms with van der Waals surface area (Å²) in [5.74, 6) is 1.69. The van der Waals surface area contributed by atoms with Crippen molar-refractivity contribution in [3.05, 3.63) is 42.2 Å². The lowest BCUT2D eigenvalue weighted by Gasteiger charge is -2.49. The Balaban J connectivity index is 1.23. The Labute approximate surface area is 176 Å². The van der Waals surface area contributed by atoms with Crippen molar-refractivity contribution in [3.63, 3.8) is 0 Å². The fourth-order valence-electron chi connectivity index (χ4n) is 4.97. The van der Waals surface area contributed by atoms with Crippen LogP contribution in [0.5, 0.6) is 11.7 Å². The summed E-state index contributed by atoms with van der Waals surface area (Å²) in [6, 6.07) is 9.82. The average Bonchev–Trinajstić information content (AvgIpc) is 3.25. The molecule has 30 heavy (non-hydrogen) atoms. The number of hydrogen-bond acceptors (Lipinski definition) is 6. The molecule has 4 aliphatic heterocycles. The highest BCUT2D eigenvalue weighted by atomic mass is 16.6. The number of furan rings is 1. The molecule has 4 saturated heterocycles. The van der Waals surface area contributed by atoms with Crippen molar-refractivity contribution >= 4 is 11.6 Å². The van der Waals surface area contributed by atoms with E-state index in [1.165, 1.54) is 12.8 Å². The summed E-state index contributed by atoms with van der Waals surface area (Å²) in [5, 5.41) is 3.28. The number of benzene rings is 1. The quantitative estimate of drug-likeness (QED) is 0.816. The van der Waals surface area contributed by atoms with Gasteiger partial charge < -0.3 is 24.1 Å². The molecule has 2 aromatic rings. The smallest absolute Gasteiger partial charge is 0.314 e. The highest BCUT2D eigenvalue weighted by Crippen LogP contribution is 2.34. The third-order valence-corrected chi connectivity index (χ3v) is 6.76. The van der Waals surface area contributed by atoms with Gasteiger partial charge in [0, 0.05) is 36.8 Å². The van der Waals surface area contributed by atoms with E-state index in [4.69, 9.17) is 13.9 Å². The van der Waals surface area contributed by atoms with Crippen LogP contribution < -0.4 is 15.0 Å². The number of rotatable bonds is 5. The van der Waals surface area contributed by atoms with Crippen molar-refractivity contribution in [2.45, 2.75) is 31.8 Å². The van der Waals surface area contributed by atoms with Crippen LogP contribution in [0.15, 0.2) is 41.0 Å². The zero-order valence-electron chi connectivity index (χ0n) is 17.4. The number of morpholine rings is 1. The number of carbonyl (C=O) groups excluding carboxylic acids is 1. The zero-order valence-corrected chi connectivity index (χ0v) is 17.4. The predicted octanol–water partition coefficient (Wildman–Crippen LogP) is 3.12. The zero-order chi connectivity index (χ0) is 20.5. The third kappa shape index (κ3) is 3.79. The summed E-state index contributed by atoms with van der Waals surface area (Å²) in [7, 11) is 0. The van der Waals surface area contributed by atoms with Crippen LogP contribution >= 0.6 is 0 Å². The van der Waals surface area contributed by atoms with Crippen LogP contribution in [0.3, 0.4) is 0 Å². The normalized spacial score (nSPS) is 28.4. The molecule has 0 saturated carbocycles. The number of nitrogens with one attached hydrogen (secondary N) is 1. The molecule has 2 atom stereocenters. The lowest BCUT2D eigenvalue weighted by Crippen LogP contribution is -2.62. The van der Waals surface area contributed by atoms with Gasteiger partial charge in [0.05, 0.1) is 19.5 Å². The lowest BCUT2D eigenvalue weighted by molar-refractivity contribution is 0.0217. The Kier molecular flexibility index (Phi) is 5.39. The number of piperidine rings is 3. The molecule has 0 aliphatic carbocycles. The number of nitrogens with zero attached hydrogens (tertiary/aromatic N) is 2. The average molecular weight is 412 g/mol. The van der Waals surface area contributed by atoms with Gasteiger partial charge in [-0.15, -0.1) is 0 Å². The first-order valence-corrected chi connectivity index (χ1v) is 10.9. The van der Waals surface area contributed by atoms with Gasteiger partial charge in [0.25, 0.3) is 5.91 Å². The molecule has 160 valence electrons. The maximum atomic E-state index is 12.8. The fraction of sp³-hybridized carbons (Fsp3) is 0.522. The van der Waals surface area contributed by atoms with Gasteiger partial charge in [-0.1, -0.05) is 0 Å². The van der Waals surface area contributed by atoms with Crippen molar-refractivity contribution in [2.24, 2.45) is 5.92 Å². The van der Waals surface area contributed by atoms with Crippen LogP contribution in [-0.4, -0.2) is 62.3 Å². The largest absolute Gasteiger partial charge is 0.432 e. The fourth-order valence-corrected chi connectivity index (χ4v) is 4.97. The number of ether oxygens (including phenoxy) is 2. The minimum absolute atomic E-state index is 0.0147. The molecule has 1 aromatic heterocycles. The first-order chi connectivity index (χ1) is 14.7. The van der Waals surface area contributed by atoms with Gasteiger partial charge in [0.1, 0.15) is 11.4 Å². The van der Waals surface area contributed by atoms with E-state index in [-0.39, 0.29) is 11.9 Å². The van der Waals surface area contributed by atoms with E-state index in [0.717, 1.165) is 31.9 Å². The Hall–Kier alpha value is -2.51. The summed E-state index contributed by atoms with van der Waals surface area (Å²) in [6.45, 7) is 7.56. The van der Waals surface area contributed by atoms with Gasteiger partial charge >= 0.3 is 5.95 Å². The van der Waals surface area contributed by atoms with Crippen molar-refractivity contribution in [1.82, 2.24) is 10.2 Å². The standard InChI is InChI=1S/C23H29N3O4/c1-16-21(17-6-9-25(16)10-7-17)24-22(27)18-2-4-19(5-3-18)30-23-20(8-13-29-23)26-11-14-28-15-12-26/h2-5,8,13,16-17,21H,6-7,9-12,14-15H2,1H3,(H,24,27)/t16-,21-/m0/s1. The van der Waals surface area contributed by atoms with Gasteiger partial charge in [-0.2, -0.15) is 0 Å². The summed E-state index contributed by atoms with van der Waals surface area (Å²) < 4.78 is 16.9. The van der Waals surface area contributed by atoms with Crippen LogP contribution in [-0.2, 0) is 4.74 Å². The van der Waals surface area contributed by atoms with Crippen LogP contribution in [0, 0.1) is 5.92 Å². The van der Waals surface area contributed by atoms with E-state index in [1.807, 2.05) is 30.3 Å². The van der Waals surface area contributed by atoms with Crippen molar-refractivity contribution in [1.29, 1.82) is 0 Å². The van der Waals surface area contributed by atoms with E-state index in [1.54, 1.807) is 6.26 Å². The molecular formula is C23H29N3O4. The molecule has 0 radical (unpaired) electrons. The van der Waals surface area contributed by atoms with Gasteiger partial charge in [-0.3, -0.25) is 9.69 Å². The molecule has 0 unspecified atom stereocenters. The third-order valence-electron chi connectivity index (χ3n) is 6.76. The molecular weight excluding hydrogens is 382 g/mol. The van der Waals surface area contributed by atoms with Crippen molar-refractivity contribution in [3.8, 4) is 11.7 Å². The summed E-state index contributed by atoms with van der Waals surface area (Å²) in [4.78, 5) is 17.5. The molecule has 1 N–H and O–H groups in total. The minimum Gasteiger partial charge on any atom is -0.432 e. The second kappa shape index (κ2) is 8.32. The van der Waals surface area contributed by atoms with E-state index in [2.05, 4.69) is 22.0 Å². The number of carbonyl (C=O) groups is 1. The number of anilines is 1. The Morgan fingerprint density at radius 2 is 1.80 bits per heavy atom. The predicted molar refractivity (Wildman–Crippen MR) is 113 cm³/mol. The topological polar surface area (TPSA) is 67.2 Å². The Bertz CT molecular complexity index is 865. The number of amides is 1. The number of hydrogen-bond donors (Lipinski definition) is 1. The molecule has 7 heteroatoms. The van der Waals surface area contributed by atoms with E-state index >= 15 is 0 Å². The molecule has 2 bridgehead atoms. The summed E-state index contributed by atoms with van der Waals surface area (Å²) in [6.07, 6.45) is 3.99. The minimum atomic E-state index is -0.0147. The van der Waals surface area contributed by atoms with E-state index in [0.29, 0.717) is 42.4 Å². The molecule has 1 amide bonds. The first-order valence-electron chi connectivity index (χ1n) is 10.9. The van der Waals surface area contributed by atoms with Crippen LogP contribution in [0.2, 0.25) is 0 Å². The van der Waals surface area contributed by atoms with Crippen molar-refractivity contribution in [2.75, 3.05) is 44.3 Å². The number of fused-ring (bicyclic) bond motifs is 3. The Morgan fingerprint density at radius 3 is 2.50 bits per heavy atom. The summed E-state index contributed by atoms with van der Waals surface area (Å²) in [5.41, 5.74) is 1.58. The van der Waals surface area contributed by atoms with Gasteiger partial charge in [-0.05, 0) is 63.0 Å². The molecule has 6 rings (SSSR count). The first kappa shape index (κ1) is 19.5. The van der Waals surface area contributed by atoms with Gasteiger partial charge in [-0.25, -0.2) is 0 Å². The maximum Gasteiger partial charge on any atom is 0.314 e.